The molecule has 1 heterocycles. The summed E-state index contributed by atoms with van der Waals surface area (Å²) in [4.78, 5) is 25.4. The lowest BCUT2D eigenvalue weighted by atomic mass is 10.0. The number of unbranched alkanes of at least 4 members (excludes halogenated alkanes) is 1. The van der Waals surface area contributed by atoms with Crippen LogP contribution in [-0.2, 0) is 9.59 Å². The molecule has 0 unspecified atom stereocenters. The summed E-state index contributed by atoms with van der Waals surface area (Å²) in [5.74, 6) is -0.917. The molecule has 1 aliphatic rings. The van der Waals surface area contributed by atoms with Crippen LogP contribution in [0.5, 0.6) is 0 Å². The minimum atomic E-state index is -0.818. The van der Waals surface area contributed by atoms with Crippen molar-refractivity contribution in [2.75, 3.05) is 6.54 Å². The second kappa shape index (κ2) is 7.80. The molecule has 3 rings (SSSR count). The van der Waals surface area contributed by atoms with E-state index in [-0.39, 0.29) is 12.3 Å². The molecule has 2 aromatic rings. The van der Waals surface area contributed by atoms with Crippen molar-refractivity contribution in [1.29, 1.82) is 0 Å². The molecule has 6 heteroatoms. The molecule has 1 amide bonds. The van der Waals surface area contributed by atoms with Gasteiger partial charge in [-0.25, -0.2) is 0 Å². The van der Waals surface area contributed by atoms with E-state index in [2.05, 4.69) is 0 Å². The third-order valence-electron chi connectivity index (χ3n) is 4.01. The van der Waals surface area contributed by atoms with E-state index in [1.807, 2.05) is 48.5 Å². The van der Waals surface area contributed by atoms with Gasteiger partial charge in [-0.05, 0) is 35.3 Å². The minimum Gasteiger partial charge on any atom is -0.481 e. The summed E-state index contributed by atoms with van der Waals surface area (Å²) in [6.07, 6.45) is 3.16. The van der Waals surface area contributed by atoms with Crippen LogP contribution >= 0.6 is 24.0 Å². The van der Waals surface area contributed by atoms with Crippen LogP contribution in [-0.4, -0.2) is 32.7 Å². The Labute approximate surface area is 155 Å². The van der Waals surface area contributed by atoms with Crippen molar-refractivity contribution in [3.8, 4) is 0 Å². The Morgan fingerprint density at radius 2 is 1.92 bits per heavy atom. The molecular weight excluding hydrogens is 354 g/mol. The summed E-state index contributed by atoms with van der Waals surface area (Å²) in [6, 6.07) is 14.0. The smallest absolute Gasteiger partial charge is 0.303 e. The first-order valence-corrected chi connectivity index (χ1v) is 9.23. The average Bonchev–Trinajstić information content (AvgIpc) is 2.86. The lowest BCUT2D eigenvalue weighted by Gasteiger charge is -2.13. The van der Waals surface area contributed by atoms with E-state index in [9.17, 15) is 9.59 Å². The summed E-state index contributed by atoms with van der Waals surface area (Å²) < 4.78 is 0.534. The molecule has 0 atom stereocenters. The number of aliphatic carboxylic acids is 1. The Kier molecular flexibility index (Phi) is 5.50. The van der Waals surface area contributed by atoms with Gasteiger partial charge in [-0.15, -0.1) is 0 Å². The molecule has 0 saturated carbocycles. The number of benzene rings is 2. The minimum absolute atomic E-state index is 0.0988. The number of carboxylic acids is 1. The van der Waals surface area contributed by atoms with Crippen LogP contribution in [0.15, 0.2) is 47.4 Å². The zero-order chi connectivity index (χ0) is 17.8. The Bertz CT molecular complexity index is 871. The van der Waals surface area contributed by atoms with Gasteiger partial charge in [-0.2, -0.15) is 0 Å². The first-order valence-electron chi connectivity index (χ1n) is 8.01. The molecule has 0 aliphatic carbocycles. The van der Waals surface area contributed by atoms with Crippen molar-refractivity contribution >= 4 is 57.0 Å². The molecule has 0 radical (unpaired) electrons. The summed E-state index contributed by atoms with van der Waals surface area (Å²) in [5.41, 5.74) is 0.990. The predicted molar refractivity (Wildman–Crippen MR) is 105 cm³/mol. The van der Waals surface area contributed by atoms with Crippen LogP contribution in [0.25, 0.3) is 16.8 Å². The Balaban J connectivity index is 1.77. The summed E-state index contributed by atoms with van der Waals surface area (Å²) in [5, 5.41) is 10.9. The summed E-state index contributed by atoms with van der Waals surface area (Å²) >= 11 is 6.62. The standard InChI is InChI=1S/C19H17NO3S2/c21-17(22)10-3-4-11-20-18(23)16(25-19(20)24)12-14-8-5-7-13-6-1-2-9-15(13)14/h1-2,5-9,12H,3-4,10-11H2,(H,21,22)/b16-12+. The number of carboxylic acid groups (broad SMARTS) is 1. The largest absolute Gasteiger partial charge is 0.481 e. The van der Waals surface area contributed by atoms with Crippen molar-refractivity contribution < 1.29 is 14.7 Å². The molecule has 4 nitrogen and oxygen atoms in total. The van der Waals surface area contributed by atoms with Gasteiger partial charge in [0.15, 0.2) is 0 Å². The SMILES string of the molecule is O=C(O)CCCCN1C(=O)/C(=C\c2cccc3ccccc23)SC1=S. The fourth-order valence-corrected chi connectivity index (χ4v) is 4.06. The zero-order valence-electron chi connectivity index (χ0n) is 13.5. The Hall–Kier alpha value is -2.18. The highest BCUT2D eigenvalue weighted by molar-refractivity contribution is 8.26. The van der Waals surface area contributed by atoms with Crippen molar-refractivity contribution in [1.82, 2.24) is 4.90 Å². The van der Waals surface area contributed by atoms with Crippen LogP contribution in [0.1, 0.15) is 24.8 Å². The number of thiocarbonyl (C=S) groups is 1. The third kappa shape index (κ3) is 4.08. The molecular formula is C19H17NO3S2. The van der Waals surface area contributed by atoms with Gasteiger partial charge in [0.2, 0.25) is 0 Å². The maximum atomic E-state index is 12.6. The Morgan fingerprint density at radius 1 is 1.16 bits per heavy atom. The number of carbonyl (C=O) groups excluding carboxylic acids is 1. The quantitative estimate of drug-likeness (QED) is 0.466. The van der Waals surface area contributed by atoms with E-state index in [0.29, 0.717) is 28.6 Å². The lowest BCUT2D eigenvalue weighted by Crippen LogP contribution is -2.29. The molecule has 1 aliphatic heterocycles. The van der Waals surface area contributed by atoms with Crippen molar-refractivity contribution in [3.05, 3.63) is 52.9 Å². The number of amides is 1. The predicted octanol–water partition coefficient (Wildman–Crippen LogP) is 4.30. The summed E-state index contributed by atoms with van der Waals surface area (Å²) in [7, 11) is 0. The molecule has 128 valence electrons. The van der Waals surface area contributed by atoms with Gasteiger partial charge < -0.3 is 5.11 Å². The van der Waals surface area contributed by atoms with Crippen LogP contribution in [0.4, 0.5) is 0 Å². The number of carbonyl (C=O) groups is 2. The second-order valence-corrected chi connectivity index (χ2v) is 7.43. The van der Waals surface area contributed by atoms with Gasteiger partial charge in [0, 0.05) is 13.0 Å². The number of rotatable bonds is 6. The molecule has 0 spiro atoms. The van der Waals surface area contributed by atoms with E-state index in [4.69, 9.17) is 17.3 Å². The first-order chi connectivity index (χ1) is 12.1. The van der Waals surface area contributed by atoms with E-state index < -0.39 is 5.97 Å². The highest BCUT2D eigenvalue weighted by Gasteiger charge is 2.31. The van der Waals surface area contributed by atoms with Gasteiger partial charge >= 0.3 is 5.97 Å². The van der Waals surface area contributed by atoms with Gasteiger partial charge in [0.25, 0.3) is 5.91 Å². The molecule has 1 saturated heterocycles. The molecule has 25 heavy (non-hydrogen) atoms. The van der Waals surface area contributed by atoms with Crippen LogP contribution < -0.4 is 0 Å². The number of thioether (sulfide) groups is 1. The number of fused-ring (bicyclic) bond motifs is 1. The van der Waals surface area contributed by atoms with Crippen LogP contribution in [0.3, 0.4) is 0 Å². The third-order valence-corrected chi connectivity index (χ3v) is 5.38. The van der Waals surface area contributed by atoms with Gasteiger partial charge in [0.1, 0.15) is 4.32 Å². The molecule has 2 aromatic carbocycles. The summed E-state index contributed by atoms with van der Waals surface area (Å²) in [6.45, 7) is 0.463. The Morgan fingerprint density at radius 3 is 2.72 bits per heavy atom. The topological polar surface area (TPSA) is 57.6 Å². The number of nitrogens with zero attached hydrogens (tertiary/aromatic N) is 1. The highest BCUT2D eigenvalue weighted by atomic mass is 32.2. The van der Waals surface area contributed by atoms with E-state index in [0.717, 1.165) is 16.3 Å². The lowest BCUT2D eigenvalue weighted by molar-refractivity contribution is -0.137. The monoisotopic (exact) mass is 371 g/mol. The highest BCUT2D eigenvalue weighted by Crippen LogP contribution is 2.34. The molecule has 1 fully saturated rings. The van der Waals surface area contributed by atoms with Crippen LogP contribution in [0.2, 0.25) is 0 Å². The zero-order valence-corrected chi connectivity index (χ0v) is 15.1. The van der Waals surface area contributed by atoms with Crippen molar-refractivity contribution in [2.24, 2.45) is 0 Å². The van der Waals surface area contributed by atoms with E-state index in [1.54, 1.807) is 4.90 Å². The fraction of sp³-hybridized carbons (Fsp3) is 0.211. The maximum Gasteiger partial charge on any atom is 0.303 e. The van der Waals surface area contributed by atoms with Gasteiger partial charge in [0.05, 0.1) is 4.91 Å². The fourth-order valence-electron chi connectivity index (χ4n) is 2.76. The van der Waals surface area contributed by atoms with Gasteiger partial charge in [-0.1, -0.05) is 66.4 Å². The normalized spacial score (nSPS) is 16.2. The average molecular weight is 371 g/mol. The van der Waals surface area contributed by atoms with Crippen LogP contribution in [0, 0.1) is 0 Å². The molecule has 0 bridgehead atoms. The van der Waals surface area contributed by atoms with E-state index in [1.165, 1.54) is 11.8 Å². The first kappa shape index (κ1) is 17.6. The van der Waals surface area contributed by atoms with Crippen molar-refractivity contribution in [3.63, 3.8) is 0 Å². The van der Waals surface area contributed by atoms with Gasteiger partial charge in [-0.3, -0.25) is 14.5 Å². The van der Waals surface area contributed by atoms with Crippen molar-refractivity contribution in [2.45, 2.75) is 19.3 Å². The number of hydrogen-bond acceptors (Lipinski definition) is 4. The van der Waals surface area contributed by atoms with E-state index >= 15 is 0 Å². The maximum absolute atomic E-state index is 12.6. The molecule has 0 aromatic heterocycles. The number of hydrogen-bond donors (Lipinski definition) is 1. The second-order valence-electron chi connectivity index (χ2n) is 5.75. The molecule has 1 N–H and O–H groups in total.